The van der Waals surface area contributed by atoms with Gasteiger partial charge < -0.3 is 0 Å². The molecule has 0 aliphatic heterocycles. The average molecular weight is 809 g/mol. The fourth-order valence-corrected chi connectivity index (χ4v) is 44.8. The molecular formula is C48H50Zr2. The van der Waals surface area contributed by atoms with Crippen molar-refractivity contribution in [3.8, 4) is 22.3 Å². The van der Waals surface area contributed by atoms with Crippen LogP contribution < -0.4 is 0 Å². The van der Waals surface area contributed by atoms with Gasteiger partial charge in [-0.1, -0.05) is 0 Å². The molecule has 8 rings (SSSR count). The van der Waals surface area contributed by atoms with Crippen LogP contribution in [0.1, 0.15) is 56.2 Å². The van der Waals surface area contributed by atoms with Gasteiger partial charge in [0.25, 0.3) is 0 Å². The second kappa shape index (κ2) is 13.6. The SMILES string of the molecule is CCC1=Cc2c(-c3cccc4ccccc34)cccc2[CH]1[Zr]([CH3])([CH3])[CH2][CH2][Zr]([CH3])([CH3])[CH]1C(CC)=Cc2c(-c3cccc4ccccc34)cccc21. The molecule has 2 heteroatoms. The number of hydrogen-bond acceptors (Lipinski definition) is 0. The molecule has 50 heavy (non-hydrogen) atoms. The van der Waals surface area contributed by atoms with Gasteiger partial charge in [0.2, 0.25) is 0 Å². The summed E-state index contributed by atoms with van der Waals surface area (Å²) in [6, 6.07) is 45.8. The van der Waals surface area contributed by atoms with Crippen molar-refractivity contribution >= 4 is 33.7 Å². The molecule has 2 atom stereocenters. The van der Waals surface area contributed by atoms with E-state index < -0.39 is 40.5 Å². The number of allylic oxidation sites excluding steroid dienone is 2. The number of fused-ring (bicyclic) bond motifs is 4. The monoisotopic (exact) mass is 806 g/mol. The third kappa shape index (κ3) is 5.88. The Kier molecular flexibility index (Phi) is 9.28. The van der Waals surface area contributed by atoms with Crippen LogP contribution in [-0.4, -0.2) is 0 Å². The van der Waals surface area contributed by atoms with Crippen molar-refractivity contribution in [3.05, 3.63) is 155 Å². The van der Waals surface area contributed by atoms with Crippen molar-refractivity contribution in [2.45, 2.75) is 60.7 Å². The minimum atomic E-state index is -2.65. The Morgan fingerprint density at radius 1 is 0.420 bits per heavy atom. The Morgan fingerprint density at radius 2 is 0.780 bits per heavy atom. The maximum atomic E-state index is 2.78. The normalized spacial score (nSPS) is 17.2. The van der Waals surface area contributed by atoms with E-state index >= 15 is 0 Å². The van der Waals surface area contributed by atoms with E-state index in [1.807, 2.05) is 0 Å². The molecule has 0 bridgehead atoms. The summed E-state index contributed by atoms with van der Waals surface area (Å²) in [5, 5.41) is 5.36. The quantitative estimate of drug-likeness (QED) is 0.136. The van der Waals surface area contributed by atoms with Crippen LogP contribution in [0, 0.1) is 0 Å². The van der Waals surface area contributed by atoms with Crippen molar-refractivity contribution in [1.29, 1.82) is 0 Å². The number of rotatable bonds is 9. The molecule has 0 aromatic heterocycles. The Labute approximate surface area is 309 Å². The Morgan fingerprint density at radius 3 is 1.20 bits per heavy atom. The second-order valence-corrected chi connectivity index (χ2v) is 41.0. The zero-order valence-corrected chi connectivity index (χ0v) is 35.6. The van der Waals surface area contributed by atoms with Gasteiger partial charge in [0, 0.05) is 0 Å². The van der Waals surface area contributed by atoms with Crippen molar-refractivity contribution in [2.24, 2.45) is 0 Å². The molecule has 0 saturated heterocycles. The Balaban J connectivity index is 1.11. The second-order valence-electron chi connectivity index (χ2n) is 16.2. The van der Waals surface area contributed by atoms with Crippen molar-refractivity contribution in [2.75, 3.05) is 0 Å². The minimum absolute atomic E-state index is 0.663. The van der Waals surface area contributed by atoms with Crippen molar-refractivity contribution < 1.29 is 40.5 Å². The average Bonchev–Trinajstić information content (AvgIpc) is 3.73. The van der Waals surface area contributed by atoms with E-state index in [1.165, 1.54) is 63.2 Å². The maximum absolute atomic E-state index is 2.78. The summed E-state index contributed by atoms with van der Waals surface area (Å²) in [7, 11) is 0. The topological polar surface area (TPSA) is 0 Å². The summed E-state index contributed by atoms with van der Waals surface area (Å²) in [5.74, 6) is 0. The summed E-state index contributed by atoms with van der Waals surface area (Å²) >= 11 is -5.30. The molecule has 0 fully saturated rings. The van der Waals surface area contributed by atoms with E-state index in [4.69, 9.17) is 0 Å². The van der Waals surface area contributed by atoms with Crippen LogP contribution in [0.5, 0.6) is 0 Å². The molecule has 0 saturated carbocycles. The van der Waals surface area contributed by atoms with Crippen molar-refractivity contribution in [1.82, 2.24) is 0 Å². The molecule has 0 radical (unpaired) electrons. The Hall–Kier alpha value is -2.91. The van der Waals surface area contributed by atoms with E-state index in [0.717, 1.165) is 12.8 Å². The molecule has 0 nitrogen and oxygen atoms in total. The number of benzene rings is 6. The molecule has 250 valence electrons. The first kappa shape index (κ1) is 34.2. The molecule has 2 unspecified atom stereocenters. The molecule has 0 amide bonds. The molecule has 2 aliphatic rings. The first-order valence-corrected chi connectivity index (χ1v) is 35.0. The van der Waals surface area contributed by atoms with Crippen LogP contribution in [0.15, 0.2) is 132 Å². The zero-order valence-electron chi connectivity index (χ0n) is 30.7. The zero-order chi connectivity index (χ0) is 34.6. The standard InChI is InChI=1S/2C21H17.C2H4.4CH3.2Zr/c2*1-2-15-13-17-9-6-12-20(21(17)14-15)19-11-5-8-16-7-3-4-10-18(16)19;1-2;;;;;;/h2*3-14H,2H2,1H3;1-2H2;4*1H3;;. The summed E-state index contributed by atoms with van der Waals surface area (Å²) in [5.41, 5.74) is 15.2. The van der Waals surface area contributed by atoms with E-state index in [9.17, 15) is 0 Å². The van der Waals surface area contributed by atoms with E-state index in [2.05, 4.69) is 166 Å². The van der Waals surface area contributed by atoms with Crippen LogP contribution >= 0.6 is 0 Å². The van der Waals surface area contributed by atoms with Gasteiger partial charge in [-0.05, 0) is 0 Å². The van der Waals surface area contributed by atoms with Crippen molar-refractivity contribution in [3.63, 3.8) is 0 Å². The van der Waals surface area contributed by atoms with Crippen LogP contribution in [-0.2, 0) is 40.5 Å². The summed E-state index contributed by atoms with van der Waals surface area (Å²) in [6.07, 6.45) is 7.53. The molecular weight excluding hydrogens is 759 g/mol. The molecule has 0 spiro atoms. The van der Waals surface area contributed by atoms with Gasteiger partial charge in [0.05, 0.1) is 0 Å². The third-order valence-electron chi connectivity index (χ3n) is 12.3. The summed E-state index contributed by atoms with van der Waals surface area (Å²) in [4.78, 5) is 0. The van der Waals surface area contributed by atoms with Gasteiger partial charge in [-0.3, -0.25) is 0 Å². The van der Waals surface area contributed by atoms with Crippen LogP contribution in [0.25, 0.3) is 56.0 Å². The van der Waals surface area contributed by atoms with Gasteiger partial charge in [-0.25, -0.2) is 0 Å². The van der Waals surface area contributed by atoms with Crippen LogP contribution in [0.4, 0.5) is 0 Å². The summed E-state index contributed by atoms with van der Waals surface area (Å²) < 4.78 is 15.4. The van der Waals surface area contributed by atoms with E-state index in [0.29, 0.717) is 7.25 Å². The van der Waals surface area contributed by atoms with Crippen LogP contribution in [0.3, 0.4) is 0 Å². The Bertz CT molecular complexity index is 2140. The van der Waals surface area contributed by atoms with E-state index in [-0.39, 0.29) is 0 Å². The van der Waals surface area contributed by atoms with Crippen LogP contribution in [0.2, 0.25) is 26.8 Å². The molecule has 6 aromatic rings. The van der Waals surface area contributed by atoms with Gasteiger partial charge in [0.15, 0.2) is 0 Å². The fraction of sp³-hybridized carbons (Fsp3) is 0.250. The van der Waals surface area contributed by atoms with Gasteiger partial charge >= 0.3 is 312 Å². The predicted molar refractivity (Wildman–Crippen MR) is 214 cm³/mol. The summed E-state index contributed by atoms with van der Waals surface area (Å²) in [6.45, 7) is 4.80. The predicted octanol–water partition coefficient (Wildman–Crippen LogP) is 15.1. The first-order chi connectivity index (χ1) is 24.2. The molecule has 6 aromatic carbocycles. The third-order valence-corrected chi connectivity index (χ3v) is 33.9. The first-order valence-electron chi connectivity index (χ1n) is 18.8. The molecule has 0 N–H and O–H groups in total. The van der Waals surface area contributed by atoms with Gasteiger partial charge in [-0.15, -0.1) is 0 Å². The number of hydrogen-bond donors (Lipinski definition) is 0. The van der Waals surface area contributed by atoms with Gasteiger partial charge in [-0.2, -0.15) is 0 Å². The fourth-order valence-electron chi connectivity index (χ4n) is 9.71. The van der Waals surface area contributed by atoms with E-state index in [1.54, 1.807) is 22.3 Å². The van der Waals surface area contributed by atoms with Gasteiger partial charge in [0.1, 0.15) is 0 Å². The molecule has 2 aliphatic carbocycles. The molecule has 0 heterocycles.